The van der Waals surface area contributed by atoms with Gasteiger partial charge in [-0.05, 0) is 22.3 Å². The zero-order valence-corrected chi connectivity index (χ0v) is 15.7. The first-order valence-electron chi connectivity index (χ1n) is 9.11. The molecule has 0 aromatic heterocycles. The van der Waals surface area contributed by atoms with Gasteiger partial charge in [-0.1, -0.05) is 72.8 Å². The smallest absolute Gasteiger partial charge is 0.335 e. The Morgan fingerprint density at radius 1 is 0.679 bits per heavy atom. The van der Waals surface area contributed by atoms with Crippen molar-refractivity contribution >= 4 is 17.5 Å². The molecule has 0 heterocycles. The largest absolute Gasteiger partial charge is 0.466 e. The Hall–Kier alpha value is -3.40. The summed E-state index contributed by atoms with van der Waals surface area (Å²) in [4.78, 5) is 25.1. The fraction of sp³-hybridized carbons (Fsp3) is 0.167. The van der Waals surface area contributed by atoms with Gasteiger partial charge in [0.25, 0.3) is 0 Å². The zero-order chi connectivity index (χ0) is 19.7. The van der Waals surface area contributed by atoms with Crippen molar-refractivity contribution in [2.75, 3.05) is 14.2 Å². The van der Waals surface area contributed by atoms with E-state index >= 15 is 0 Å². The van der Waals surface area contributed by atoms with Crippen molar-refractivity contribution in [3.05, 3.63) is 101 Å². The molecule has 0 saturated heterocycles. The van der Waals surface area contributed by atoms with Crippen molar-refractivity contribution in [2.24, 2.45) is 11.8 Å². The highest BCUT2D eigenvalue weighted by Gasteiger charge is 2.47. The van der Waals surface area contributed by atoms with Crippen LogP contribution in [-0.4, -0.2) is 26.2 Å². The molecule has 0 amide bonds. The minimum Gasteiger partial charge on any atom is -0.466 e. The lowest BCUT2D eigenvalue weighted by Gasteiger charge is -2.17. The van der Waals surface area contributed by atoms with Crippen LogP contribution < -0.4 is 0 Å². The second-order valence-electron chi connectivity index (χ2n) is 6.71. The summed E-state index contributed by atoms with van der Waals surface area (Å²) >= 11 is 0. The molecule has 2 aliphatic carbocycles. The number of benzene rings is 2. The monoisotopic (exact) mass is 372 g/mol. The molecular weight excluding hydrogens is 352 g/mol. The Kier molecular flexibility index (Phi) is 4.70. The second kappa shape index (κ2) is 7.31. The number of hydrogen-bond acceptors (Lipinski definition) is 4. The van der Waals surface area contributed by atoms with Crippen molar-refractivity contribution in [1.82, 2.24) is 0 Å². The molecule has 0 saturated carbocycles. The van der Waals surface area contributed by atoms with E-state index in [1.54, 1.807) is 0 Å². The molecule has 2 atom stereocenters. The molecule has 2 bridgehead atoms. The van der Waals surface area contributed by atoms with Gasteiger partial charge in [-0.2, -0.15) is 0 Å². The summed E-state index contributed by atoms with van der Waals surface area (Å²) < 4.78 is 9.98. The van der Waals surface area contributed by atoms with E-state index in [0.29, 0.717) is 11.1 Å². The maximum atomic E-state index is 12.5. The molecule has 0 fully saturated rings. The van der Waals surface area contributed by atoms with Crippen LogP contribution in [0.25, 0.3) is 5.57 Å². The van der Waals surface area contributed by atoms with Gasteiger partial charge in [-0.15, -0.1) is 0 Å². The minimum atomic E-state index is -0.491. The van der Waals surface area contributed by atoms with E-state index in [1.165, 1.54) is 14.2 Å². The lowest BCUT2D eigenvalue weighted by atomic mass is 9.86. The van der Waals surface area contributed by atoms with Crippen LogP contribution in [0.3, 0.4) is 0 Å². The molecule has 0 unspecified atom stereocenters. The number of hydrogen-bond donors (Lipinski definition) is 0. The number of methoxy groups -OCH3 is 2. The third-order valence-corrected chi connectivity index (χ3v) is 5.30. The molecule has 2 aliphatic rings. The summed E-state index contributed by atoms with van der Waals surface area (Å²) in [5, 5.41) is 0. The first-order chi connectivity index (χ1) is 13.7. The predicted octanol–water partition coefficient (Wildman–Crippen LogP) is 3.95. The zero-order valence-electron chi connectivity index (χ0n) is 15.7. The Labute approximate surface area is 163 Å². The molecule has 0 N–H and O–H groups in total. The van der Waals surface area contributed by atoms with Crippen LogP contribution in [0.15, 0.2) is 89.5 Å². The van der Waals surface area contributed by atoms with Gasteiger partial charge in [-0.25, -0.2) is 9.59 Å². The summed E-state index contributed by atoms with van der Waals surface area (Å²) in [6, 6.07) is 20.1. The summed E-state index contributed by atoms with van der Waals surface area (Å²) in [6.45, 7) is 0. The van der Waals surface area contributed by atoms with Gasteiger partial charge in [0, 0.05) is 11.8 Å². The standard InChI is InChI=1S/C24H20O4/c1-27-23(25)21-17-13-14-18(22(21)24(26)28-2)20(17)19(15-9-5-3-6-10-15)16-11-7-4-8-12-16/h3-14,17-18H,1-2H3/t17-,18+. The van der Waals surface area contributed by atoms with Gasteiger partial charge in [0.2, 0.25) is 0 Å². The maximum Gasteiger partial charge on any atom is 0.335 e. The highest BCUT2D eigenvalue weighted by molar-refractivity contribution is 6.06. The molecule has 0 radical (unpaired) electrons. The van der Waals surface area contributed by atoms with E-state index in [9.17, 15) is 9.59 Å². The average Bonchev–Trinajstić information content (AvgIpc) is 3.30. The van der Waals surface area contributed by atoms with E-state index in [4.69, 9.17) is 9.47 Å². The fourth-order valence-electron chi connectivity index (χ4n) is 4.18. The quantitative estimate of drug-likeness (QED) is 0.602. The van der Waals surface area contributed by atoms with Crippen molar-refractivity contribution in [3.8, 4) is 0 Å². The van der Waals surface area contributed by atoms with Gasteiger partial charge < -0.3 is 9.47 Å². The predicted molar refractivity (Wildman–Crippen MR) is 106 cm³/mol. The molecule has 4 nitrogen and oxygen atoms in total. The average molecular weight is 372 g/mol. The van der Waals surface area contributed by atoms with Crippen molar-refractivity contribution in [1.29, 1.82) is 0 Å². The number of allylic oxidation sites excluding steroid dienone is 3. The second-order valence-corrected chi connectivity index (χ2v) is 6.71. The van der Waals surface area contributed by atoms with Gasteiger partial charge in [0.05, 0.1) is 25.4 Å². The number of ether oxygens (including phenoxy) is 2. The Morgan fingerprint density at radius 3 is 1.43 bits per heavy atom. The lowest BCUT2D eigenvalue weighted by molar-refractivity contribution is -0.139. The lowest BCUT2D eigenvalue weighted by Crippen LogP contribution is -2.17. The van der Waals surface area contributed by atoms with E-state index in [2.05, 4.69) is 0 Å². The van der Waals surface area contributed by atoms with E-state index < -0.39 is 11.9 Å². The fourth-order valence-corrected chi connectivity index (χ4v) is 4.18. The van der Waals surface area contributed by atoms with Gasteiger partial charge >= 0.3 is 11.9 Å². The van der Waals surface area contributed by atoms with E-state index in [-0.39, 0.29) is 11.8 Å². The molecule has 0 spiro atoms. The maximum absolute atomic E-state index is 12.5. The minimum absolute atomic E-state index is 0.304. The number of fused-ring (bicyclic) bond motifs is 2. The number of carbonyl (C=O) groups excluding carboxylic acids is 2. The number of carbonyl (C=O) groups is 2. The summed E-state index contributed by atoms with van der Waals surface area (Å²) in [6.07, 6.45) is 3.95. The van der Waals surface area contributed by atoms with E-state index in [1.807, 2.05) is 72.8 Å². The summed E-state index contributed by atoms with van der Waals surface area (Å²) in [5.41, 5.74) is 4.87. The van der Waals surface area contributed by atoms with Crippen LogP contribution >= 0.6 is 0 Å². The van der Waals surface area contributed by atoms with Crippen LogP contribution in [0.4, 0.5) is 0 Å². The van der Waals surface area contributed by atoms with Crippen LogP contribution in [-0.2, 0) is 19.1 Å². The van der Waals surface area contributed by atoms with Gasteiger partial charge in [0.1, 0.15) is 0 Å². The highest BCUT2D eigenvalue weighted by atomic mass is 16.5. The third-order valence-electron chi connectivity index (χ3n) is 5.30. The molecule has 2 aromatic carbocycles. The molecule has 4 rings (SSSR count). The molecule has 28 heavy (non-hydrogen) atoms. The Morgan fingerprint density at radius 2 is 1.07 bits per heavy atom. The van der Waals surface area contributed by atoms with Crippen molar-refractivity contribution in [2.45, 2.75) is 0 Å². The van der Waals surface area contributed by atoms with Crippen LogP contribution in [0.1, 0.15) is 11.1 Å². The topological polar surface area (TPSA) is 52.6 Å². The first-order valence-corrected chi connectivity index (χ1v) is 9.11. The normalized spacial score (nSPS) is 19.7. The van der Waals surface area contributed by atoms with Crippen LogP contribution in [0.2, 0.25) is 0 Å². The molecule has 0 aliphatic heterocycles. The summed E-state index contributed by atoms with van der Waals surface area (Å²) in [7, 11) is 2.66. The molecule has 2 aromatic rings. The highest BCUT2D eigenvalue weighted by Crippen LogP contribution is 2.52. The SMILES string of the molecule is COC(=O)C1=C(C(=O)OC)[C@@H]2C=C[C@H]1C2=C(c1ccccc1)c1ccccc1. The number of esters is 2. The molecule has 4 heteroatoms. The van der Waals surface area contributed by atoms with Gasteiger partial charge in [-0.3, -0.25) is 0 Å². The number of rotatable bonds is 4. The van der Waals surface area contributed by atoms with Crippen molar-refractivity contribution in [3.63, 3.8) is 0 Å². The van der Waals surface area contributed by atoms with E-state index in [0.717, 1.165) is 22.3 Å². The molecule has 140 valence electrons. The first kappa shape index (κ1) is 18.0. The van der Waals surface area contributed by atoms with Gasteiger partial charge in [0.15, 0.2) is 0 Å². The molecular formula is C24H20O4. The van der Waals surface area contributed by atoms with Crippen LogP contribution in [0, 0.1) is 11.8 Å². The Balaban J connectivity index is 1.97. The van der Waals surface area contributed by atoms with Crippen LogP contribution in [0.5, 0.6) is 0 Å². The Bertz CT molecular complexity index is 934. The summed E-state index contributed by atoms with van der Waals surface area (Å²) in [5.74, 6) is -1.59. The van der Waals surface area contributed by atoms with Crippen molar-refractivity contribution < 1.29 is 19.1 Å². The third kappa shape index (κ3) is 2.78.